The maximum Gasteiger partial charge on any atom is 0.421 e. The SMILES string of the molecule is CC(=O)C(=O)OOC(=O)CC1(O)CC(=O)OOC(=O)/C(C(O)C(O)CO)=C\C(=O)OOC1=O. The first-order chi connectivity index (χ1) is 15.3. The van der Waals surface area contributed by atoms with E-state index in [0.717, 1.165) is 6.92 Å². The molecule has 17 nitrogen and oxygen atoms in total. The molecule has 0 fully saturated rings. The molecular weight excluding hydrogens is 464 g/mol. The van der Waals surface area contributed by atoms with E-state index >= 15 is 0 Å². The number of aliphatic hydroxyl groups is 4. The Labute approximate surface area is 181 Å². The number of aliphatic hydroxyl groups excluding tert-OH is 3. The van der Waals surface area contributed by atoms with E-state index < -0.39 is 84.4 Å². The van der Waals surface area contributed by atoms with Crippen LogP contribution in [0.3, 0.4) is 0 Å². The molecule has 0 aromatic heterocycles. The van der Waals surface area contributed by atoms with Gasteiger partial charge >= 0.3 is 35.8 Å². The zero-order valence-electron chi connectivity index (χ0n) is 16.4. The van der Waals surface area contributed by atoms with Gasteiger partial charge in [0.1, 0.15) is 12.2 Å². The summed E-state index contributed by atoms with van der Waals surface area (Å²) in [6.07, 6.45) is -7.11. The Bertz CT molecular complexity index is 872. The van der Waals surface area contributed by atoms with Gasteiger partial charge in [0.2, 0.25) is 5.78 Å². The van der Waals surface area contributed by atoms with E-state index in [2.05, 4.69) is 29.3 Å². The lowest BCUT2D eigenvalue weighted by Gasteiger charge is -2.22. The van der Waals surface area contributed by atoms with Gasteiger partial charge in [-0.25, -0.2) is 58.1 Å². The second kappa shape index (κ2) is 11.6. The normalized spacial score (nSPS) is 23.0. The molecule has 0 saturated carbocycles. The summed E-state index contributed by atoms with van der Waals surface area (Å²) in [6, 6.07) is 0. The van der Waals surface area contributed by atoms with Gasteiger partial charge in [0.15, 0.2) is 5.60 Å². The minimum Gasteiger partial charge on any atom is -0.394 e. The van der Waals surface area contributed by atoms with E-state index in [1.165, 1.54) is 0 Å². The van der Waals surface area contributed by atoms with Crippen LogP contribution in [0.5, 0.6) is 0 Å². The quantitative estimate of drug-likeness (QED) is 0.159. The molecular formula is C16H16O17. The van der Waals surface area contributed by atoms with Crippen molar-refractivity contribution >= 4 is 41.6 Å². The molecule has 0 aromatic carbocycles. The Balaban J connectivity index is 3.08. The summed E-state index contributed by atoms with van der Waals surface area (Å²) in [5.41, 5.74) is -4.29. The maximum atomic E-state index is 12.1. The van der Waals surface area contributed by atoms with Crippen LogP contribution < -0.4 is 0 Å². The van der Waals surface area contributed by atoms with E-state index in [-0.39, 0.29) is 6.08 Å². The Hall–Kier alpha value is -3.93. The highest BCUT2D eigenvalue weighted by atomic mass is 17.2. The summed E-state index contributed by atoms with van der Waals surface area (Å²) < 4.78 is 0. The number of carbonyl (C=O) groups is 7. The predicted molar refractivity (Wildman–Crippen MR) is 88.6 cm³/mol. The van der Waals surface area contributed by atoms with Crippen LogP contribution in [0.25, 0.3) is 0 Å². The molecule has 0 saturated heterocycles. The number of Topliss-reactive ketones (excluding diaryl/α,β-unsaturated/α-hetero) is 1. The van der Waals surface area contributed by atoms with Crippen LogP contribution in [0.15, 0.2) is 11.6 Å². The average molecular weight is 480 g/mol. The van der Waals surface area contributed by atoms with Gasteiger partial charge in [-0.1, -0.05) is 0 Å². The third kappa shape index (κ3) is 7.92. The van der Waals surface area contributed by atoms with Crippen LogP contribution in [0, 0.1) is 0 Å². The molecule has 0 radical (unpaired) electrons. The zero-order chi connectivity index (χ0) is 25.3. The van der Waals surface area contributed by atoms with Crippen molar-refractivity contribution in [2.24, 2.45) is 0 Å². The first-order valence-electron chi connectivity index (χ1n) is 8.48. The third-order valence-electron chi connectivity index (χ3n) is 3.54. The zero-order valence-corrected chi connectivity index (χ0v) is 16.4. The lowest BCUT2D eigenvalue weighted by Crippen LogP contribution is -2.45. The summed E-state index contributed by atoms with van der Waals surface area (Å²) in [4.78, 5) is 105. The molecule has 0 amide bonds. The Kier molecular flexibility index (Phi) is 9.55. The number of hydrogen-bond acceptors (Lipinski definition) is 17. The smallest absolute Gasteiger partial charge is 0.394 e. The molecule has 3 unspecified atom stereocenters. The van der Waals surface area contributed by atoms with Crippen molar-refractivity contribution in [1.82, 2.24) is 0 Å². The number of carbonyl (C=O) groups excluding carboxylic acids is 7. The fraction of sp³-hybridized carbons (Fsp3) is 0.438. The van der Waals surface area contributed by atoms with Crippen LogP contribution in [0.2, 0.25) is 0 Å². The topological polar surface area (TPSA) is 256 Å². The van der Waals surface area contributed by atoms with Gasteiger partial charge in [-0.2, -0.15) is 0 Å². The molecule has 4 N–H and O–H groups in total. The molecule has 17 heteroatoms. The van der Waals surface area contributed by atoms with Gasteiger partial charge in [-0.15, -0.1) is 0 Å². The van der Waals surface area contributed by atoms with E-state index in [1.54, 1.807) is 0 Å². The van der Waals surface area contributed by atoms with Gasteiger partial charge < -0.3 is 20.4 Å². The van der Waals surface area contributed by atoms with Crippen molar-refractivity contribution in [3.63, 3.8) is 0 Å². The summed E-state index contributed by atoms with van der Waals surface area (Å²) in [7, 11) is 0. The minimum atomic E-state index is -3.19. The maximum absolute atomic E-state index is 12.1. The second-order valence-electron chi connectivity index (χ2n) is 6.16. The minimum absolute atomic E-state index is 0.128. The number of ketones is 1. The van der Waals surface area contributed by atoms with E-state index in [1.807, 2.05) is 0 Å². The van der Waals surface area contributed by atoms with Crippen molar-refractivity contribution in [3.8, 4) is 0 Å². The van der Waals surface area contributed by atoms with Crippen LogP contribution in [-0.4, -0.2) is 86.4 Å². The van der Waals surface area contributed by atoms with Crippen molar-refractivity contribution in [2.75, 3.05) is 6.61 Å². The summed E-state index contributed by atoms with van der Waals surface area (Å²) in [6.45, 7) is -0.316. The fourth-order valence-electron chi connectivity index (χ4n) is 1.90. The summed E-state index contributed by atoms with van der Waals surface area (Å²) >= 11 is 0. The summed E-state index contributed by atoms with van der Waals surface area (Å²) in [5, 5.41) is 38.3. The lowest BCUT2D eigenvalue weighted by atomic mass is 9.96. The fourth-order valence-corrected chi connectivity index (χ4v) is 1.90. The third-order valence-corrected chi connectivity index (χ3v) is 3.54. The van der Waals surface area contributed by atoms with Crippen molar-refractivity contribution in [2.45, 2.75) is 37.6 Å². The van der Waals surface area contributed by atoms with Gasteiger partial charge in [0.05, 0.1) is 25.0 Å². The molecule has 182 valence electrons. The first kappa shape index (κ1) is 27.1. The van der Waals surface area contributed by atoms with Gasteiger partial charge in [-0.3, -0.25) is 4.79 Å². The molecule has 1 aliphatic heterocycles. The van der Waals surface area contributed by atoms with Gasteiger partial charge in [0, 0.05) is 13.0 Å². The average Bonchev–Trinajstić information content (AvgIpc) is 2.75. The second-order valence-corrected chi connectivity index (χ2v) is 6.16. The standard InChI is InChI=1S/C16H16O17/c1-6(18)13(24)31-29-10(21)3-16(27)4-11(22)30-32-14(25)7(12(23)8(19)5-17)2-9(20)28-33-15(16)26/h2,8,12,17,19,23,27H,3-5H2,1H3/b7-2-. The van der Waals surface area contributed by atoms with Crippen LogP contribution >= 0.6 is 0 Å². The highest BCUT2D eigenvalue weighted by Crippen LogP contribution is 2.21. The largest absolute Gasteiger partial charge is 0.421 e. The molecule has 1 rings (SSSR count). The van der Waals surface area contributed by atoms with E-state index in [0.29, 0.717) is 0 Å². The summed E-state index contributed by atoms with van der Waals surface area (Å²) in [5.74, 6) is -11.6. The van der Waals surface area contributed by atoms with E-state index in [4.69, 9.17) is 5.11 Å². The van der Waals surface area contributed by atoms with Crippen LogP contribution in [0.4, 0.5) is 0 Å². The molecule has 33 heavy (non-hydrogen) atoms. The molecule has 0 bridgehead atoms. The number of hydrogen-bond donors (Lipinski definition) is 4. The molecule has 0 aliphatic carbocycles. The molecule has 0 spiro atoms. The van der Waals surface area contributed by atoms with Crippen LogP contribution in [0.1, 0.15) is 19.8 Å². The van der Waals surface area contributed by atoms with Gasteiger partial charge in [0.25, 0.3) is 0 Å². The highest BCUT2D eigenvalue weighted by Gasteiger charge is 2.46. The highest BCUT2D eigenvalue weighted by molar-refractivity contribution is 6.32. The molecule has 1 aliphatic rings. The number of rotatable bonds is 6. The van der Waals surface area contributed by atoms with Crippen LogP contribution in [-0.2, 0) is 62.9 Å². The lowest BCUT2D eigenvalue weighted by molar-refractivity contribution is -0.277. The molecule has 3 atom stereocenters. The first-order valence-corrected chi connectivity index (χ1v) is 8.48. The monoisotopic (exact) mass is 480 g/mol. The Morgan fingerprint density at radius 1 is 1.06 bits per heavy atom. The Morgan fingerprint density at radius 2 is 1.70 bits per heavy atom. The molecule has 0 aromatic rings. The molecule has 1 heterocycles. The van der Waals surface area contributed by atoms with Crippen molar-refractivity contribution in [1.29, 1.82) is 0 Å². The van der Waals surface area contributed by atoms with Gasteiger partial charge in [-0.05, 0) is 0 Å². The van der Waals surface area contributed by atoms with Crippen molar-refractivity contribution < 1.29 is 83.3 Å². The van der Waals surface area contributed by atoms with E-state index in [9.17, 15) is 48.9 Å². The van der Waals surface area contributed by atoms with Crippen molar-refractivity contribution in [3.05, 3.63) is 11.6 Å². The Morgan fingerprint density at radius 3 is 2.27 bits per heavy atom. The predicted octanol–water partition coefficient (Wildman–Crippen LogP) is -4.25.